The fraction of sp³-hybridized carbons (Fsp3) is 0.667. The maximum absolute atomic E-state index is 12.5. The van der Waals surface area contributed by atoms with Gasteiger partial charge in [-0.2, -0.15) is 4.31 Å². The van der Waals surface area contributed by atoms with Crippen molar-refractivity contribution in [1.82, 2.24) is 4.31 Å². The molecule has 6 heteroatoms. The Bertz CT molecular complexity index is 516. The molecule has 2 heterocycles. The number of hydrogen-bond acceptors (Lipinski definition) is 3. The van der Waals surface area contributed by atoms with Crippen LogP contribution in [0.4, 0.5) is 0 Å². The second-order valence-electron chi connectivity index (χ2n) is 4.73. The van der Waals surface area contributed by atoms with Crippen LogP contribution in [0.1, 0.15) is 31.1 Å². The number of nitrogens with zero attached hydrogens (tertiary/aromatic N) is 1. The lowest BCUT2D eigenvalue weighted by Crippen LogP contribution is -2.38. The molecule has 1 aliphatic rings. The Labute approximate surface area is 121 Å². The van der Waals surface area contributed by atoms with E-state index in [2.05, 4.69) is 22.9 Å². The second kappa shape index (κ2) is 5.61. The van der Waals surface area contributed by atoms with E-state index in [1.165, 1.54) is 11.3 Å². The van der Waals surface area contributed by atoms with Gasteiger partial charge in [-0.3, -0.25) is 0 Å². The van der Waals surface area contributed by atoms with E-state index in [1.807, 2.05) is 6.92 Å². The monoisotopic (exact) mass is 351 g/mol. The van der Waals surface area contributed by atoms with Crippen molar-refractivity contribution in [1.29, 1.82) is 0 Å². The molecule has 0 radical (unpaired) electrons. The van der Waals surface area contributed by atoms with Crippen molar-refractivity contribution < 1.29 is 8.42 Å². The first kappa shape index (κ1) is 14.5. The number of sulfonamides is 1. The van der Waals surface area contributed by atoms with Crippen LogP contribution < -0.4 is 0 Å². The van der Waals surface area contributed by atoms with E-state index in [-0.39, 0.29) is 0 Å². The SMILES string of the molecule is CCC1CCN(S(=O)(=O)c2cc(Br)sc2C)CC1. The van der Waals surface area contributed by atoms with E-state index in [9.17, 15) is 8.42 Å². The highest BCUT2D eigenvalue weighted by molar-refractivity contribution is 9.11. The van der Waals surface area contributed by atoms with E-state index >= 15 is 0 Å². The summed E-state index contributed by atoms with van der Waals surface area (Å²) in [5.41, 5.74) is 0. The molecule has 0 aliphatic carbocycles. The average molecular weight is 352 g/mol. The van der Waals surface area contributed by atoms with Crippen LogP contribution in [0.2, 0.25) is 0 Å². The second-order valence-corrected chi connectivity index (χ2v) is 9.27. The summed E-state index contributed by atoms with van der Waals surface area (Å²) in [6.45, 7) is 5.36. The van der Waals surface area contributed by atoms with Gasteiger partial charge >= 0.3 is 0 Å². The molecular weight excluding hydrogens is 334 g/mol. The zero-order valence-corrected chi connectivity index (χ0v) is 13.9. The molecule has 102 valence electrons. The first-order valence-electron chi connectivity index (χ1n) is 6.21. The Hall–Kier alpha value is 0.0900. The van der Waals surface area contributed by atoms with Crippen molar-refractivity contribution in [3.8, 4) is 0 Å². The Morgan fingerprint density at radius 2 is 2.06 bits per heavy atom. The minimum absolute atomic E-state index is 0.467. The zero-order chi connectivity index (χ0) is 13.3. The number of rotatable bonds is 3. The molecule has 2 rings (SSSR count). The third-order valence-electron chi connectivity index (χ3n) is 3.61. The highest BCUT2D eigenvalue weighted by Crippen LogP contribution is 2.33. The summed E-state index contributed by atoms with van der Waals surface area (Å²) in [6, 6.07) is 1.72. The summed E-state index contributed by atoms with van der Waals surface area (Å²) in [5, 5.41) is 0. The van der Waals surface area contributed by atoms with Gasteiger partial charge < -0.3 is 0 Å². The van der Waals surface area contributed by atoms with Crippen LogP contribution in [-0.4, -0.2) is 25.8 Å². The first-order chi connectivity index (χ1) is 8.45. The molecule has 1 aliphatic heterocycles. The Morgan fingerprint density at radius 1 is 1.44 bits per heavy atom. The molecule has 0 atom stereocenters. The number of hydrogen-bond donors (Lipinski definition) is 0. The van der Waals surface area contributed by atoms with Crippen LogP contribution in [0, 0.1) is 12.8 Å². The van der Waals surface area contributed by atoms with Gasteiger partial charge in [-0.1, -0.05) is 13.3 Å². The number of thiophene rings is 1. The van der Waals surface area contributed by atoms with Crippen molar-refractivity contribution in [2.75, 3.05) is 13.1 Å². The van der Waals surface area contributed by atoms with Crippen molar-refractivity contribution >= 4 is 37.3 Å². The van der Waals surface area contributed by atoms with E-state index in [1.54, 1.807) is 10.4 Å². The number of aryl methyl sites for hydroxylation is 1. The molecule has 0 aromatic carbocycles. The summed E-state index contributed by atoms with van der Waals surface area (Å²) in [5.74, 6) is 0.687. The molecule has 0 N–H and O–H groups in total. The van der Waals surface area contributed by atoms with Gasteiger partial charge in [0.05, 0.1) is 8.68 Å². The van der Waals surface area contributed by atoms with E-state index < -0.39 is 10.0 Å². The quantitative estimate of drug-likeness (QED) is 0.833. The van der Waals surface area contributed by atoms with E-state index in [0.717, 1.165) is 27.9 Å². The highest BCUT2D eigenvalue weighted by atomic mass is 79.9. The van der Waals surface area contributed by atoms with Crippen LogP contribution in [0.3, 0.4) is 0 Å². The van der Waals surface area contributed by atoms with Crippen LogP contribution in [-0.2, 0) is 10.0 Å². The molecule has 3 nitrogen and oxygen atoms in total. The van der Waals surface area contributed by atoms with Crippen molar-refractivity contribution in [3.05, 3.63) is 14.7 Å². The zero-order valence-electron chi connectivity index (χ0n) is 10.6. The van der Waals surface area contributed by atoms with Gasteiger partial charge in [0.1, 0.15) is 0 Å². The summed E-state index contributed by atoms with van der Waals surface area (Å²) in [7, 11) is -3.29. The standard InChI is InChI=1S/C12H18BrNO2S2/c1-3-10-4-6-14(7-5-10)18(15,16)11-8-12(13)17-9(11)2/h8,10H,3-7H2,1-2H3. The van der Waals surface area contributed by atoms with E-state index in [4.69, 9.17) is 0 Å². The van der Waals surface area contributed by atoms with Gasteiger partial charge in [-0.05, 0) is 47.7 Å². The summed E-state index contributed by atoms with van der Waals surface area (Å²) in [6.07, 6.45) is 3.12. The predicted molar refractivity (Wildman–Crippen MR) is 78.5 cm³/mol. The minimum Gasteiger partial charge on any atom is -0.207 e. The molecule has 0 unspecified atom stereocenters. The lowest BCUT2D eigenvalue weighted by atomic mass is 9.96. The van der Waals surface area contributed by atoms with Gasteiger partial charge in [0.2, 0.25) is 10.0 Å². The third kappa shape index (κ3) is 2.81. The van der Waals surface area contributed by atoms with Crippen LogP contribution in [0.15, 0.2) is 14.7 Å². The van der Waals surface area contributed by atoms with Gasteiger partial charge in [0, 0.05) is 18.0 Å². The molecule has 0 saturated carbocycles. The fourth-order valence-corrected chi connectivity index (χ4v) is 6.24. The Morgan fingerprint density at radius 3 is 2.50 bits per heavy atom. The maximum atomic E-state index is 12.5. The smallest absolute Gasteiger partial charge is 0.207 e. The normalized spacial score (nSPS) is 19.3. The first-order valence-corrected chi connectivity index (χ1v) is 9.26. The molecule has 0 spiro atoms. The number of halogens is 1. The minimum atomic E-state index is -3.29. The summed E-state index contributed by atoms with van der Waals surface area (Å²) < 4.78 is 27.6. The fourth-order valence-electron chi connectivity index (χ4n) is 2.38. The highest BCUT2D eigenvalue weighted by Gasteiger charge is 2.30. The average Bonchev–Trinajstić information content (AvgIpc) is 2.69. The van der Waals surface area contributed by atoms with Crippen LogP contribution in [0.5, 0.6) is 0 Å². The van der Waals surface area contributed by atoms with Gasteiger partial charge in [0.15, 0.2) is 0 Å². The largest absolute Gasteiger partial charge is 0.244 e. The van der Waals surface area contributed by atoms with Gasteiger partial charge in [-0.25, -0.2) is 8.42 Å². The molecule has 18 heavy (non-hydrogen) atoms. The lowest BCUT2D eigenvalue weighted by molar-refractivity contribution is 0.269. The molecule has 1 aromatic heterocycles. The molecular formula is C12H18BrNO2S2. The Kier molecular flexibility index (Phi) is 4.52. The summed E-state index contributed by atoms with van der Waals surface area (Å²) in [4.78, 5) is 1.33. The van der Waals surface area contributed by atoms with Crippen LogP contribution in [0.25, 0.3) is 0 Å². The predicted octanol–water partition coefficient (Wildman–Crippen LogP) is 3.63. The topological polar surface area (TPSA) is 37.4 Å². The van der Waals surface area contributed by atoms with Crippen molar-refractivity contribution in [2.24, 2.45) is 5.92 Å². The molecule has 0 amide bonds. The van der Waals surface area contributed by atoms with Crippen LogP contribution >= 0.6 is 27.3 Å². The number of piperidine rings is 1. The molecule has 0 bridgehead atoms. The van der Waals surface area contributed by atoms with Crippen molar-refractivity contribution in [3.63, 3.8) is 0 Å². The van der Waals surface area contributed by atoms with Gasteiger partial charge in [-0.15, -0.1) is 11.3 Å². The maximum Gasteiger partial charge on any atom is 0.244 e. The van der Waals surface area contributed by atoms with Crippen molar-refractivity contribution in [2.45, 2.75) is 38.0 Å². The van der Waals surface area contributed by atoms with E-state index in [0.29, 0.717) is 23.9 Å². The molecule has 1 saturated heterocycles. The third-order valence-corrected chi connectivity index (χ3v) is 7.32. The molecule has 1 aromatic rings. The van der Waals surface area contributed by atoms with Gasteiger partial charge in [0.25, 0.3) is 0 Å². The summed E-state index contributed by atoms with van der Waals surface area (Å²) >= 11 is 4.83. The lowest BCUT2D eigenvalue weighted by Gasteiger charge is -2.30. The Balaban J connectivity index is 2.20. The molecule has 1 fully saturated rings.